The molecular formula is C20H25FN4O3. The van der Waals surface area contributed by atoms with E-state index in [9.17, 15) is 19.1 Å². The number of aromatic nitrogens is 1. The van der Waals surface area contributed by atoms with Gasteiger partial charge in [-0.3, -0.25) is 9.59 Å². The number of nitrogen functional groups attached to an aromatic ring is 1. The number of hydrogen-bond acceptors (Lipinski definition) is 5. The van der Waals surface area contributed by atoms with E-state index in [0.717, 1.165) is 5.56 Å². The molecule has 7 nitrogen and oxygen atoms in total. The second kappa shape index (κ2) is 9.80. The molecule has 0 saturated heterocycles. The van der Waals surface area contributed by atoms with Gasteiger partial charge < -0.3 is 21.5 Å². The summed E-state index contributed by atoms with van der Waals surface area (Å²) in [6, 6.07) is 8.10. The maximum atomic E-state index is 13.1. The zero-order chi connectivity index (χ0) is 20.7. The molecule has 2 rings (SSSR count). The van der Waals surface area contributed by atoms with Crippen molar-refractivity contribution in [1.29, 1.82) is 0 Å². The van der Waals surface area contributed by atoms with Gasteiger partial charge in [-0.1, -0.05) is 32.0 Å². The second-order valence-electron chi connectivity index (χ2n) is 6.89. The number of aliphatic hydroxyl groups excluding tert-OH is 1. The predicted octanol–water partition coefficient (Wildman–Crippen LogP) is 1.16. The summed E-state index contributed by atoms with van der Waals surface area (Å²) in [5.74, 6) is -1.37. The number of nitrogens with zero attached hydrogens (tertiary/aromatic N) is 1. The number of carbonyl (C=O) groups is 2. The first-order valence-electron chi connectivity index (χ1n) is 8.97. The quantitative estimate of drug-likeness (QED) is 0.541. The number of hydrogen-bond donors (Lipinski definition) is 4. The van der Waals surface area contributed by atoms with Crippen LogP contribution >= 0.6 is 0 Å². The van der Waals surface area contributed by atoms with Crippen molar-refractivity contribution in [3.05, 3.63) is 59.5 Å². The molecule has 2 amide bonds. The Morgan fingerprint density at radius 1 is 1.11 bits per heavy atom. The Kier molecular flexibility index (Phi) is 7.45. The minimum atomic E-state index is -1.23. The highest BCUT2D eigenvalue weighted by atomic mass is 19.1. The van der Waals surface area contributed by atoms with Crippen LogP contribution in [0, 0.1) is 11.7 Å². The second-order valence-corrected chi connectivity index (χ2v) is 6.89. The van der Waals surface area contributed by atoms with E-state index in [1.165, 1.54) is 12.1 Å². The van der Waals surface area contributed by atoms with Crippen LogP contribution in [-0.2, 0) is 22.6 Å². The first-order valence-corrected chi connectivity index (χ1v) is 8.97. The van der Waals surface area contributed by atoms with Gasteiger partial charge in [0, 0.05) is 19.2 Å². The summed E-state index contributed by atoms with van der Waals surface area (Å²) in [5.41, 5.74) is 6.96. The van der Waals surface area contributed by atoms with Crippen LogP contribution in [0.3, 0.4) is 0 Å². The maximum Gasteiger partial charge on any atom is 0.249 e. The summed E-state index contributed by atoms with van der Waals surface area (Å²) in [6.45, 7) is 3.61. The lowest BCUT2D eigenvalue weighted by molar-refractivity contribution is -0.135. The highest BCUT2D eigenvalue weighted by Gasteiger charge is 2.26. The van der Waals surface area contributed by atoms with Crippen LogP contribution in [0.4, 0.5) is 10.2 Å². The molecule has 2 aromatic rings. The summed E-state index contributed by atoms with van der Waals surface area (Å²) in [5, 5.41) is 15.3. The van der Waals surface area contributed by atoms with Crippen LogP contribution in [0.15, 0.2) is 42.6 Å². The Hall–Kier alpha value is -3.00. The Balaban J connectivity index is 2.08. The van der Waals surface area contributed by atoms with Crippen LogP contribution in [0.1, 0.15) is 25.0 Å². The van der Waals surface area contributed by atoms with E-state index < -0.39 is 24.0 Å². The molecule has 0 aliphatic carbocycles. The van der Waals surface area contributed by atoms with Crippen molar-refractivity contribution in [3.63, 3.8) is 0 Å². The number of nitrogens with two attached hydrogens (primary N) is 1. The van der Waals surface area contributed by atoms with Crippen LogP contribution in [-0.4, -0.2) is 34.1 Å². The number of carbonyl (C=O) groups excluding carboxylic acids is 2. The van der Waals surface area contributed by atoms with Gasteiger partial charge in [0.05, 0.1) is 0 Å². The molecular weight excluding hydrogens is 363 g/mol. The molecule has 5 N–H and O–H groups in total. The first-order chi connectivity index (χ1) is 13.3. The molecule has 0 fully saturated rings. The van der Waals surface area contributed by atoms with Gasteiger partial charge in [0.25, 0.3) is 0 Å². The predicted molar refractivity (Wildman–Crippen MR) is 103 cm³/mol. The van der Waals surface area contributed by atoms with Crippen molar-refractivity contribution in [2.75, 3.05) is 5.73 Å². The number of anilines is 1. The van der Waals surface area contributed by atoms with Gasteiger partial charge in [-0.2, -0.15) is 0 Å². The van der Waals surface area contributed by atoms with Crippen molar-refractivity contribution in [3.8, 4) is 0 Å². The van der Waals surface area contributed by atoms with E-state index in [4.69, 9.17) is 5.73 Å². The molecule has 0 bridgehead atoms. The molecule has 150 valence electrons. The third-order valence-electron chi connectivity index (χ3n) is 4.20. The van der Waals surface area contributed by atoms with E-state index >= 15 is 0 Å². The minimum absolute atomic E-state index is 0.155. The number of rotatable bonds is 8. The number of halogens is 1. The van der Waals surface area contributed by atoms with Crippen LogP contribution in [0.25, 0.3) is 0 Å². The van der Waals surface area contributed by atoms with Crippen molar-refractivity contribution in [2.45, 2.75) is 39.0 Å². The molecule has 0 spiro atoms. The molecule has 1 heterocycles. The largest absolute Gasteiger partial charge is 0.384 e. The average Bonchev–Trinajstić information content (AvgIpc) is 2.67. The molecule has 8 heteroatoms. The number of pyridine rings is 1. The minimum Gasteiger partial charge on any atom is -0.384 e. The van der Waals surface area contributed by atoms with Gasteiger partial charge >= 0.3 is 0 Å². The van der Waals surface area contributed by atoms with Crippen molar-refractivity contribution >= 4 is 17.6 Å². The molecule has 0 unspecified atom stereocenters. The van der Waals surface area contributed by atoms with E-state index in [-0.39, 0.29) is 24.7 Å². The lowest BCUT2D eigenvalue weighted by Gasteiger charge is -2.22. The number of aliphatic hydroxyl groups is 1. The Morgan fingerprint density at radius 3 is 2.32 bits per heavy atom. The van der Waals surface area contributed by atoms with E-state index in [0.29, 0.717) is 11.4 Å². The normalized spacial score (nSPS) is 13.0. The zero-order valence-electron chi connectivity index (χ0n) is 15.9. The molecule has 1 aromatic heterocycles. The Bertz CT molecular complexity index is 794. The van der Waals surface area contributed by atoms with Gasteiger partial charge in [-0.25, -0.2) is 9.37 Å². The lowest BCUT2D eigenvalue weighted by Crippen LogP contribution is -2.51. The van der Waals surface area contributed by atoms with Crippen molar-refractivity contribution in [1.82, 2.24) is 15.6 Å². The molecule has 1 aromatic carbocycles. The molecule has 0 aliphatic heterocycles. The number of nitrogens with one attached hydrogen (secondary N) is 2. The first kappa shape index (κ1) is 21.3. The Morgan fingerprint density at radius 2 is 1.75 bits per heavy atom. The third-order valence-corrected chi connectivity index (χ3v) is 4.20. The fourth-order valence-electron chi connectivity index (χ4n) is 2.48. The molecule has 0 aliphatic rings. The summed E-state index contributed by atoms with van der Waals surface area (Å²) in [4.78, 5) is 28.8. The van der Waals surface area contributed by atoms with Crippen LogP contribution in [0.2, 0.25) is 0 Å². The fraction of sp³-hybridized carbons (Fsp3) is 0.350. The van der Waals surface area contributed by atoms with Crippen LogP contribution in [0.5, 0.6) is 0 Å². The standard InChI is InChI=1S/C20H25FN4O3/c1-12(2)18(26)20(28)25-16(9-13-3-6-15(21)7-4-13)19(27)24-11-14-5-8-17(22)23-10-14/h3-8,10,12,16,18,26H,9,11H2,1-2H3,(H2,22,23)(H,24,27)(H,25,28)/t16-,18-/m0/s1. The van der Waals surface area contributed by atoms with Crippen LogP contribution < -0.4 is 16.4 Å². The zero-order valence-corrected chi connectivity index (χ0v) is 15.9. The Labute approximate surface area is 163 Å². The van der Waals surface area contributed by atoms with Gasteiger partial charge in [-0.05, 0) is 35.2 Å². The molecule has 2 atom stereocenters. The monoisotopic (exact) mass is 388 g/mol. The smallest absolute Gasteiger partial charge is 0.249 e. The van der Waals surface area contributed by atoms with E-state index in [1.807, 2.05) is 0 Å². The molecule has 0 saturated carbocycles. The maximum absolute atomic E-state index is 13.1. The van der Waals surface area contributed by atoms with Crippen molar-refractivity contribution in [2.24, 2.45) is 5.92 Å². The molecule has 28 heavy (non-hydrogen) atoms. The molecule has 0 radical (unpaired) electrons. The summed E-state index contributed by atoms with van der Waals surface area (Å²) < 4.78 is 13.1. The van der Waals surface area contributed by atoms with E-state index in [2.05, 4.69) is 15.6 Å². The fourth-order valence-corrected chi connectivity index (χ4v) is 2.48. The lowest BCUT2D eigenvalue weighted by atomic mass is 10.0. The van der Waals surface area contributed by atoms with Gasteiger partial charge in [0.1, 0.15) is 23.8 Å². The van der Waals surface area contributed by atoms with Gasteiger partial charge in [0.2, 0.25) is 11.8 Å². The number of amides is 2. The third kappa shape index (κ3) is 6.31. The SMILES string of the molecule is CC(C)[C@H](O)C(=O)N[C@@H](Cc1ccc(F)cc1)C(=O)NCc1ccc(N)nc1. The average molecular weight is 388 g/mol. The highest BCUT2D eigenvalue weighted by Crippen LogP contribution is 2.09. The van der Waals surface area contributed by atoms with Gasteiger partial charge in [0.15, 0.2) is 0 Å². The summed E-state index contributed by atoms with van der Waals surface area (Å²) in [6.07, 6.45) is 0.471. The van der Waals surface area contributed by atoms with Gasteiger partial charge in [-0.15, -0.1) is 0 Å². The summed E-state index contributed by atoms with van der Waals surface area (Å²) >= 11 is 0. The highest BCUT2D eigenvalue weighted by molar-refractivity contribution is 5.89. The topological polar surface area (TPSA) is 117 Å². The summed E-state index contributed by atoms with van der Waals surface area (Å²) in [7, 11) is 0. The van der Waals surface area contributed by atoms with E-state index in [1.54, 1.807) is 44.3 Å². The van der Waals surface area contributed by atoms with Crippen molar-refractivity contribution < 1.29 is 19.1 Å². The number of benzene rings is 1.